The van der Waals surface area contributed by atoms with E-state index in [1.807, 2.05) is 13.0 Å². The van der Waals surface area contributed by atoms with E-state index in [0.717, 1.165) is 89.0 Å². The largest absolute Gasteiger partial charge is 0.463 e. The maximum absolute atomic E-state index is 12.6. The summed E-state index contributed by atoms with van der Waals surface area (Å²) in [6.07, 6.45) is 14.1. The van der Waals surface area contributed by atoms with E-state index < -0.39 is 72.9 Å². The van der Waals surface area contributed by atoms with Gasteiger partial charge in [0.15, 0.2) is 24.6 Å². The number of aliphatic hydroxyl groups is 1. The SMILES string of the molecule is CCCCCC[C@H](O)CCC[C@H](O[C@@H]1O[C@H](COC(C)=O)[C@@H](OC(C)=O)[C@H](OC(C)=O)[C@H]1OC(C)=O)[C@H]1CC[C@H]([C@H]2CC[C@H]([C@@H](CCCCCCCCCCCCC3=C[C@H](C)OC3=O)OC(C)=O)O2)O1. The molecule has 0 aliphatic carbocycles. The van der Waals surface area contributed by atoms with E-state index in [0.29, 0.717) is 44.9 Å². The lowest BCUT2D eigenvalue weighted by Crippen LogP contribution is -2.63. The lowest BCUT2D eigenvalue weighted by atomic mass is 9.97. The van der Waals surface area contributed by atoms with E-state index in [1.165, 1.54) is 60.3 Å². The Morgan fingerprint density at radius 2 is 1.11 bits per heavy atom. The lowest BCUT2D eigenvalue weighted by Gasteiger charge is -2.45. The topological polar surface area (TPSA) is 215 Å². The van der Waals surface area contributed by atoms with Gasteiger partial charge in [-0.25, -0.2) is 4.79 Å². The monoisotopic (exact) mass is 995 g/mol. The highest BCUT2D eigenvalue weighted by atomic mass is 16.7. The molecular weight excluding hydrogens is 909 g/mol. The van der Waals surface area contributed by atoms with Crippen molar-refractivity contribution >= 4 is 35.8 Å². The minimum atomic E-state index is -1.39. The maximum atomic E-state index is 12.6. The first-order chi connectivity index (χ1) is 33.5. The average Bonchev–Trinajstić information content (AvgIpc) is 4.06. The van der Waals surface area contributed by atoms with Crippen molar-refractivity contribution in [3.05, 3.63) is 11.6 Å². The van der Waals surface area contributed by atoms with Crippen LogP contribution in [-0.4, -0.2) is 127 Å². The highest BCUT2D eigenvalue weighted by molar-refractivity contribution is 5.90. The van der Waals surface area contributed by atoms with E-state index in [9.17, 15) is 33.9 Å². The summed E-state index contributed by atoms with van der Waals surface area (Å²) in [5.74, 6) is -3.32. The molecule has 0 aromatic heterocycles. The second-order valence-electron chi connectivity index (χ2n) is 19.8. The summed E-state index contributed by atoms with van der Waals surface area (Å²) in [6.45, 7) is 9.82. The third kappa shape index (κ3) is 21.2. The van der Waals surface area contributed by atoms with Gasteiger partial charge in [0.2, 0.25) is 0 Å². The van der Waals surface area contributed by atoms with Gasteiger partial charge in [-0.05, 0) is 90.0 Å². The van der Waals surface area contributed by atoms with E-state index in [2.05, 4.69) is 6.92 Å². The van der Waals surface area contributed by atoms with Crippen molar-refractivity contribution in [3.63, 3.8) is 0 Å². The smallest absolute Gasteiger partial charge is 0.334 e. The number of carbonyl (C=O) groups is 6. The second-order valence-corrected chi connectivity index (χ2v) is 19.8. The molecule has 70 heavy (non-hydrogen) atoms. The van der Waals surface area contributed by atoms with Gasteiger partial charge in [-0.3, -0.25) is 24.0 Å². The average molecular weight is 995 g/mol. The third-order valence-corrected chi connectivity index (χ3v) is 13.6. The highest BCUT2D eigenvalue weighted by Crippen LogP contribution is 2.38. The molecule has 17 heteroatoms. The van der Waals surface area contributed by atoms with E-state index in [1.54, 1.807) is 0 Å². The van der Waals surface area contributed by atoms with Crippen LogP contribution in [0.25, 0.3) is 0 Å². The molecule has 0 aromatic carbocycles. The van der Waals surface area contributed by atoms with Crippen molar-refractivity contribution in [1.82, 2.24) is 0 Å². The number of carbonyl (C=O) groups excluding carboxylic acids is 6. The number of unbranched alkanes of at least 4 members (excludes halogenated alkanes) is 12. The van der Waals surface area contributed by atoms with Crippen LogP contribution in [0.5, 0.6) is 0 Å². The zero-order valence-electron chi connectivity index (χ0n) is 43.2. The normalized spacial score (nSPS) is 27.8. The van der Waals surface area contributed by atoms with Crippen molar-refractivity contribution in [3.8, 4) is 0 Å². The molecule has 0 bridgehead atoms. The van der Waals surface area contributed by atoms with E-state index in [4.69, 9.17) is 47.4 Å². The van der Waals surface area contributed by atoms with Crippen molar-refractivity contribution in [2.75, 3.05) is 6.61 Å². The Morgan fingerprint density at radius 3 is 1.67 bits per heavy atom. The van der Waals surface area contributed by atoms with Crippen molar-refractivity contribution in [1.29, 1.82) is 0 Å². The number of aliphatic hydroxyl groups excluding tert-OH is 1. The Labute approximate surface area is 416 Å². The fourth-order valence-electron chi connectivity index (χ4n) is 10.2. The molecular formula is C53H86O17. The summed E-state index contributed by atoms with van der Waals surface area (Å²) in [4.78, 5) is 73.4. The predicted molar refractivity (Wildman–Crippen MR) is 256 cm³/mol. The van der Waals surface area contributed by atoms with Crippen LogP contribution in [0.2, 0.25) is 0 Å². The lowest BCUT2D eigenvalue weighted by molar-refractivity contribution is -0.323. The minimum absolute atomic E-state index is 0.102. The Bertz CT molecular complexity index is 1650. The summed E-state index contributed by atoms with van der Waals surface area (Å²) in [5.41, 5.74) is 0.820. The van der Waals surface area contributed by atoms with Crippen LogP contribution in [-0.2, 0) is 76.1 Å². The van der Waals surface area contributed by atoms with Gasteiger partial charge in [0.25, 0.3) is 0 Å². The molecule has 0 radical (unpaired) electrons. The molecule has 4 aliphatic heterocycles. The van der Waals surface area contributed by atoms with Crippen molar-refractivity contribution < 1.29 is 81.2 Å². The second kappa shape index (κ2) is 31.7. The molecule has 17 nitrogen and oxygen atoms in total. The first kappa shape index (κ1) is 58.9. The molecule has 0 unspecified atom stereocenters. The molecule has 0 amide bonds. The van der Waals surface area contributed by atoms with Gasteiger partial charge in [-0.2, -0.15) is 0 Å². The van der Waals surface area contributed by atoms with Crippen LogP contribution in [0.4, 0.5) is 0 Å². The van der Waals surface area contributed by atoms with E-state index >= 15 is 0 Å². The number of cyclic esters (lactones) is 1. The number of rotatable bonds is 33. The van der Waals surface area contributed by atoms with Crippen LogP contribution in [0.1, 0.15) is 203 Å². The first-order valence-electron chi connectivity index (χ1n) is 26.6. The van der Waals surface area contributed by atoms with Gasteiger partial charge < -0.3 is 52.5 Å². The van der Waals surface area contributed by atoms with Crippen LogP contribution >= 0.6 is 0 Å². The first-order valence-corrected chi connectivity index (χ1v) is 26.6. The van der Waals surface area contributed by atoms with Gasteiger partial charge >= 0.3 is 35.8 Å². The zero-order chi connectivity index (χ0) is 51.0. The molecule has 4 rings (SSSR count). The zero-order valence-corrected chi connectivity index (χ0v) is 43.2. The maximum Gasteiger partial charge on any atom is 0.334 e. The summed E-state index contributed by atoms with van der Waals surface area (Å²) in [7, 11) is 0. The Morgan fingerprint density at radius 1 is 0.600 bits per heavy atom. The molecule has 0 spiro atoms. The number of hydrogen-bond donors (Lipinski definition) is 1. The Hall–Kier alpha value is -3.64. The summed E-state index contributed by atoms with van der Waals surface area (Å²) in [5, 5.41) is 10.9. The number of esters is 6. The summed E-state index contributed by atoms with van der Waals surface area (Å²) in [6, 6.07) is 0. The predicted octanol–water partition coefficient (Wildman–Crippen LogP) is 8.54. The molecule has 1 N–H and O–H groups in total. The minimum Gasteiger partial charge on any atom is -0.463 e. The highest BCUT2D eigenvalue weighted by Gasteiger charge is 2.54. The van der Waals surface area contributed by atoms with Crippen LogP contribution in [0, 0.1) is 0 Å². The standard InChI is InChI=1S/C53H86O17/c1-8-9-10-20-24-41(59)25-22-27-43(69-53-51(66-39(7)58)50(65-38(6)57)49(64-37(5)56)48(70-53)33-61-35(3)54)45-29-31-47(68-45)46-30-28-44(67-46)42(63-36(4)55)26-21-18-16-14-12-11-13-15-17-19-23-40-32-34(2)62-52(40)60/h32,34,41-51,53,59H,8-31,33H2,1-7H3/t34-,41-,42+,43-,44+,45+,46+,47+,48+,49+,50-,51+,53+/m0/s1. The molecule has 4 heterocycles. The molecule has 3 fully saturated rings. The molecule has 400 valence electrons. The molecule has 13 atom stereocenters. The summed E-state index contributed by atoms with van der Waals surface area (Å²) < 4.78 is 59.7. The molecule has 0 aromatic rings. The van der Waals surface area contributed by atoms with Crippen molar-refractivity contribution in [2.45, 2.75) is 282 Å². The van der Waals surface area contributed by atoms with Crippen LogP contribution in [0.15, 0.2) is 11.6 Å². The number of hydrogen-bond acceptors (Lipinski definition) is 17. The van der Waals surface area contributed by atoms with Crippen LogP contribution in [0.3, 0.4) is 0 Å². The molecule has 4 aliphatic rings. The molecule has 0 saturated carbocycles. The van der Waals surface area contributed by atoms with Gasteiger partial charge in [-0.1, -0.05) is 84.0 Å². The third-order valence-electron chi connectivity index (χ3n) is 13.6. The van der Waals surface area contributed by atoms with Gasteiger partial charge in [-0.15, -0.1) is 0 Å². The fourth-order valence-corrected chi connectivity index (χ4v) is 10.2. The van der Waals surface area contributed by atoms with Gasteiger partial charge in [0.05, 0.1) is 36.6 Å². The molecule has 3 saturated heterocycles. The van der Waals surface area contributed by atoms with Crippen LogP contribution < -0.4 is 0 Å². The van der Waals surface area contributed by atoms with Crippen molar-refractivity contribution in [2.24, 2.45) is 0 Å². The Kier molecular flexibility index (Phi) is 26.7. The summed E-state index contributed by atoms with van der Waals surface area (Å²) >= 11 is 0. The quantitative estimate of drug-likeness (QED) is 0.0370. The van der Waals surface area contributed by atoms with E-state index in [-0.39, 0.29) is 49.1 Å². The van der Waals surface area contributed by atoms with Gasteiger partial charge in [0, 0.05) is 40.2 Å². The fraction of sp³-hybridized carbons (Fsp3) is 0.849. The number of ether oxygens (including phenoxy) is 10. The Balaban J connectivity index is 1.35. The van der Waals surface area contributed by atoms with Gasteiger partial charge in [0.1, 0.15) is 24.9 Å².